The molecular formula is C14H17F3N2O3. The summed E-state index contributed by atoms with van der Waals surface area (Å²) in [5, 5.41) is 2.35. The summed E-state index contributed by atoms with van der Waals surface area (Å²) in [4.78, 5) is 23.3. The molecule has 8 heteroatoms. The van der Waals surface area contributed by atoms with Crippen molar-refractivity contribution in [2.75, 3.05) is 0 Å². The van der Waals surface area contributed by atoms with Gasteiger partial charge in [-0.15, -0.1) is 0 Å². The summed E-state index contributed by atoms with van der Waals surface area (Å²) in [6.45, 7) is 0. The average molecular weight is 318 g/mol. The van der Waals surface area contributed by atoms with E-state index in [4.69, 9.17) is 5.73 Å². The molecule has 1 atom stereocenters. The van der Waals surface area contributed by atoms with Gasteiger partial charge in [0.15, 0.2) is 5.76 Å². The summed E-state index contributed by atoms with van der Waals surface area (Å²) in [5.41, 5.74) is 5.25. The molecule has 0 aromatic carbocycles. The van der Waals surface area contributed by atoms with Crippen molar-refractivity contribution in [2.24, 2.45) is 11.7 Å². The lowest BCUT2D eigenvalue weighted by molar-refractivity contribution is -0.153. The van der Waals surface area contributed by atoms with Crippen LogP contribution in [0.4, 0.5) is 13.2 Å². The van der Waals surface area contributed by atoms with Gasteiger partial charge in [-0.25, -0.2) is 0 Å². The van der Waals surface area contributed by atoms with Gasteiger partial charge in [-0.2, -0.15) is 13.2 Å². The highest BCUT2D eigenvalue weighted by atomic mass is 19.4. The Hall–Kier alpha value is -1.99. The fourth-order valence-corrected chi connectivity index (χ4v) is 2.67. The summed E-state index contributed by atoms with van der Waals surface area (Å²) >= 11 is 0. The van der Waals surface area contributed by atoms with Crippen LogP contribution in [0.25, 0.3) is 0 Å². The number of alkyl halides is 3. The first-order chi connectivity index (χ1) is 10.3. The number of hydrogen-bond acceptors (Lipinski definition) is 3. The molecular weight excluding hydrogens is 301 g/mol. The Morgan fingerprint density at radius 1 is 1.32 bits per heavy atom. The van der Waals surface area contributed by atoms with Crippen molar-refractivity contribution in [3.63, 3.8) is 0 Å². The summed E-state index contributed by atoms with van der Waals surface area (Å²) in [5.74, 6) is -3.05. The summed E-state index contributed by atoms with van der Waals surface area (Å²) < 4.78 is 41.8. The van der Waals surface area contributed by atoms with Crippen LogP contribution in [0.2, 0.25) is 0 Å². The quantitative estimate of drug-likeness (QED) is 0.874. The van der Waals surface area contributed by atoms with Crippen molar-refractivity contribution in [2.45, 2.75) is 44.3 Å². The number of amides is 2. The fraction of sp³-hybridized carbons (Fsp3) is 0.571. The third-order valence-electron chi connectivity index (χ3n) is 3.80. The second kappa shape index (κ2) is 6.41. The van der Waals surface area contributed by atoms with E-state index >= 15 is 0 Å². The molecule has 1 aliphatic carbocycles. The van der Waals surface area contributed by atoms with Crippen LogP contribution in [0.1, 0.15) is 48.4 Å². The highest BCUT2D eigenvalue weighted by molar-refractivity contribution is 5.95. The van der Waals surface area contributed by atoms with Gasteiger partial charge in [0.1, 0.15) is 6.04 Å². The lowest BCUT2D eigenvalue weighted by atomic mass is 9.98. The Morgan fingerprint density at radius 2 is 1.95 bits per heavy atom. The minimum absolute atomic E-state index is 0.292. The van der Waals surface area contributed by atoms with Crippen LogP contribution in [0, 0.1) is 5.92 Å². The predicted octanol–water partition coefficient (Wildman–Crippen LogP) is 2.46. The van der Waals surface area contributed by atoms with Gasteiger partial charge < -0.3 is 15.5 Å². The second-order valence-electron chi connectivity index (χ2n) is 5.48. The van der Waals surface area contributed by atoms with E-state index in [1.165, 1.54) is 0 Å². The molecule has 22 heavy (non-hydrogen) atoms. The molecule has 122 valence electrons. The van der Waals surface area contributed by atoms with Crippen molar-refractivity contribution in [1.29, 1.82) is 0 Å². The SMILES string of the molecule is NC(=O)[C@H](CC1CCCC1)NC(=O)c1ccc(C(F)(F)F)o1. The van der Waals surface area contributed by atoms with E-state index < -0.39 is 35.6 Å². The second-order valence-corrected chi connectivity index (χ2v) is 5.48. The van der Waals surface area contributed by atoms with E-state index in [1.807, 2.05) is 0 Å². The third-order valence-corrected chi connectivity index (χ3v) is 3.80. The molecule has 1 aliphatic rings. The Kier molecular flexibility index (Phi) is 4.77. The first-order valence-electron chi connectivity index (χ1n) is 7.04. The highest BCUT2D eigenvalue weighted by Gasteiger charge is 2.36. The minimum atomic E-state index is -4.66. The highest BCUT2D eigenvalue weighted by Crippen LogP contribution is 2.31. The number of nitrogens with two attached hydrogens (primary N) is 1. The van der Waals surface area contributed by atoms with Crippen LogP contribution in [-0.2, 0) is 11.0 Å². The van der Waals surface area contributed by atoms with E-state index in [0.29, 0.717) is 18.4 Å². The van der Waals surface area contributed by atoms with Crippen molar-refractivity contribution in [3.05, 3.63) is 23.7 Å². The molecule has 0 bridgehead atoms. The van der Waals surface area contributed by atoms with E-state index in [-0.39, 0.29) is 0 Å². The zero-order valence-electron chi connectivity index (χ0n) is 11.8. The predicted molar refractivity (Wildman–Crippen MR) is 70.7 cm³/mol. The van der Waals surface area contributed by atoms with Gasteiger partial charge >= 0.3 is 6.18 Å². The van der Waals surface area contributed by atoms with Crippen molar-refractivity contribution >= 4 is 11.8 Å². The maximum atomic E-state index is 12.4. The number of furan rings is 1. The van der Waals surface area contributed by atoms with Crippen molar-refractivity contribution < 1.29 is 27.2 Å². The number of carbonyl (C=O) groups is 2. The number of carbonyl (C=O) groups excluding carboxylic acids is 2. The molecule has 1 aromatic heterocycles. The van der Waals surface area contributed by atoms with Gasteiger partial charge in [0.25, 0.3) is 5.91 Å². The summed E-state index contributed by atoms with van der Waals surface area (Å²) in [7, 11) is 0. The van der Waals surface area contributed by atoms with Gasteiger partial charge in [0, 0.05) is 0 Å². The lowest BCUT2D eigenvalue weighted by Gasteiger charge is -2.18. The van der Waals surface area contributed by atoms with Gasteiger partial charge in [-0.3, -0.25) is 9.59 Å². The third kappa shape index (κ3) is 4.02. The molecule has 3 N–H and O–H groups in total. The normalized spacial score (nSPS) is 17.4. The van der Waals surface area contributed by atoms with Gasteiger partial charge in [0.2, 0.25) is 11.7 Å². The van der Waals surface area contributed by atoms with Gasteiger partial charge in [-0.1, -0.05) is 25.7 Å². The first kappa shape index (κ1) is 16.4. The van der Waals surface area contributed by atoms with E-state index in [0.717, 1.165) is 31.7 Å². The first-order valence-corrected chi connectivity index (χ1v) is 7.04. The molecule has 0 radical (unpaired) electrons. The standard InChI is InChI=1S/C14H17F3N2O3/c15-14(16,17)11-6-5-10(22-11)13(21)19-9(12(18)20)7-8-3-1-2-4-8/h5-6,8-9H,1-4,7H2,(H2,18,20)(H,19,21)/t9-/m0/s1. The number of primary amides is 1. The van der Waals surface area contributed by atoms with Crippen LogP contribution in [0.15, 0.2) is 16.5 Å². The molecule has 5 nitrogen and oxygen atoms in total. The summed E-state index contributed by atoms with van der Waals surface area (Å²) in [6.07, 6.45) is -0.217. The maximum Gasteiger partial charge on any atom is 0.449 e. The fourth-order valence-electron chi connectivity index (χ4n) is 2.67. The van der Waals surface area contributed by atoms with Crippen LogP contribution in [-0.4, -0.2) is 17.9 Å². The molecule has 1 saturated carbocycles. The molecule has 0 spiro atoms. The van der Waals surface area contributed by atoms with Crippen molar-refractivity contribution in [3.8, 4) is 0 Å². The largest absolute Gasteiger partial charge is 0.449 e. The molecule has 2 rings (SSSR count). The Labute approximate surface area is 125 Å². The minimum Gasteiger partial charge on any atom is -0.446 e. The van der Waals surface area contributed by atoms with E-state index in [1.54, 1.807) is 0 Å². The Morgan fingerprint density at radius 3 is 2.45 bits per heavy atom. The number of hydrogen-bond donors (Lipinski definition) is 2. The van der Waals surface area contributed by atoms with Crippen LogP contribution >= 0.6 is 0 Å². The lowest BCUT2D eigenvalue weighted by Crippen LogP contribution is -2.45. The molecule has 0 unspecified atom stereocenters. The van der Waals surface area contributed by atoms with Crippen molar-refractivity contribution in [1.82, 2.24) is 5.32 Å². The molecule has 1 fully saturated rings. The van der Waals surface area contributed by atoms with Crippen LogP contribution < -0.4 is 11.1 Å². The maximum absolute atomic E-state index is 12.4. The smallest absolute Gasteiger partial charge is 0.446 e. The molecule has 2 amide bonds. The monoisotopic (exact) mass is 318 g/mol. The number of rotatable bonds is 5. The topological polar surface area (TPSA) is 85.3 Å². The average Bonchev–Trinajstić information content (AvgIpc) is 3.08. The Bertz CT molecular complexity index is 548. The Balaban J connectivity index is 2.01. The van der Waals surface area contributed by atoms with Gasteiger partial charge in [-0.05, 0) is 24.5 Å². The molecule has 0 aliphatic heterocycles. The zero-order valence-corrected chi connectivity index (χ0v) is 11.8. The van der Waals surface area contributed by atoms with Gasteiger partial charge in [0.05, 0.1) is 0 Å². The zero-order chi connectivity index (χ0) is 16.3. The number of halogens is 3. The van der Waals surface area contributed by atoms with E-state index in [9.17, 15) is 22.8 Å². The summed E-state index contributed by atoms with van der Waals surface area (Å²) in [6, 6.07) is 0.687. The van der Waals surface area contributed by atoms with Crippen LogP contribution in [0.3, 0.4) is 0 Å². The number of nitrogens with one attached hydrogen (secondary N) is 1. The van der Waals surface area contributed by atoms with Crippen LogP contribution in [0.5, 0.6) is 0 Å². The van der Waals surface area contributed by atoms with E-state index in [2.05, 4.69) is 9.73 Å². The molecule has 0 saturated heterocycles. The molecule has 1 heterocycles. The molecule has 1 aromatic rings.